The van der Waals surface area contributed by atoms with Gasteiger partial charge >= 0.3 is 6.03 Å². The molecule has 0 aliphatic heterocycles. The smallest absolute Gasteiger partial charge is 0.318 e. The molecule has 1 saturated carbocycles. The molecule has 2 amide bonds. The summed E-state index contributed by atoms with van der Waals surface area (Å²) >= 11 is 0. The summed E-state index contributed by atoms with van der Waals surface area (Å²) in [5.74, 6) is 1.68. The molecule has 1 heterocycles. The quantitative estimate of drug-likeness (QED) is 0.598. The SMILES string of the molecule is Cc1ccc(CN(C(=O)NCCOC2CCCCCC2)C(C)C)o1. The van der Waals surface area contributed by atoms with Crippen LogP contribution in [-0.4, -0.2) is 36.2 Å². The molecule has 1 aromatic heterocycles. The van der Waals surface area contributed by atoms with E-state index < -0.39 is 0 Å². The lowest BCUT2D eigenvalue weighted by atomic mass is 10.1. The predicted molar refractivity (Wildman–Crippen MR) is 95.0 cm³/mol. The van der Waals surface area contributed by atoms with Crippen LogP contribution in [0.4, 0.5) is 4.79 Å². The van der Waals surface area contributed by atoms with Gasteiger partial charge in [0.15, 0.2) is 0 Å². The maximum atomic E-state index is 12.4. The zero-order valence-electron chi connectivity index (χ0n) is 15.3. The Morgan fingerprint density at radius 3 is 2.58 bits per heavy atom. The number of nitrogens with zero attached hydrogens (tertiary/aromatic N) is 1. The number of amides is 2. The zero-order chi connectivity index (χ0) is 17.4. The minimum absolute atomic E-state index is 0.0662. The van der Waals surface area contributed by atoms with Crippen LogP contribution in [0.3, 0.4) is 0 Å². The van der Waals surface area contributed by atoms with Crippen molar-refractivity contribution in [1.82, 2.24) is 10.2 Å². The second-order valence-electron chi connectivity index (χ2n) is 6.95. The Morgan fingerprint density at radius 2 is 2.00 bits per heavy atom. The van der Waals surface area contributed by atoms with Gasteiger partial charge < -0.3 is 19.4 Å². The average Bonchev–Trinajstić information content (AvgIpc) is 2.80. The van der Waals surface area contributed by atoms with Crippen LogP contribution < -0.4 is 5.32 Å². The Labute approximate surface area is 145 Å². The molecule has 0 spiro atoms. The van der Waals surface area contributed by atoms with Gasteiger partial charge in [-0.1, -0.05) is 25.7 Å². The molecule has 0 atom stereocenters. The predicted octanol–water partition coefficient (Wildman–Crippen LogP) is 4.25. The van der Waals surface area contributed by atoms with E-state index in [0.29, 0.717) is 25.8 Å². The van der Waals surface area contributed by atoms with E-state index in [9.17, 15) is 4.79 Å². The number of ether oxygens (including phenoxy) is 1. The maximum Gasteiger partial charge on any atom is 0.318 e. The van der Waals surface area contributed by atoms with Crippen LogP contribution in [0.25, 0.3) is 0 Å². The van der Waals surface area contributed by atoms with Gasteiger partial charge in [0.05, 0.1) is 19.3 Å². The highest BCUT2D eigenvalue weighted by Crippen LogP contribution is 2.19. The number of furan rings is 1. The van der Waals surface area contributed by atoms with Crippen molar-refractivity contribution in [3.05, 3.63) is 23.7 Å². The number of urea groups is 1. The van der Waals surface area contributed by atoms with Gasteiger partial charge in [-0.25, -0.2) is 4.79 Å². The summed E-state index contributed by atoms with van der Waals surface area (Å²) in [4.78, 5) is 14.2. The standard InChI is InChI=1S/C19H32N2O3/c1-15(2)21(14-18-11-10-16(3)24-18)19(22)20-12-13-23-17-8-6-4-5-7-9-17/h10-11,15,17H,4-9,12-14H2,1-3H3,(H,20,22). The lowest BCUT2D eigenvalue weighted by Crippen LogP contribution is -2.44. The molecular weight excluding hydrogens is 304 g/mol. The number of rotatable bonds is 7. The molecule has 1 fully saturated rings. The summed E-state index contributed by atoms with van der Waals surface area (Å²) < 4.78 is 11.5. The van der Waals surface area contributed by atoms with Crippen molar-refractivity contribution in [2.75, 3.05) is 13.2 Å². The highest BCUT2D eigenvalue weighted by Gasteiger charge is 2.19. The molecule has 5 nitrogen and oxygen atoms in total. The number of hydrogen-bond acceptors (Lipinski definition) is 3. The molecule has 5 heteroatoms. The summed E-state index contributed by atoms with van der Waals surface area (Å²) in [5, 5.41) is 2.97. The van der Waals surface area contributed by atoms with Gasteiger partial charge in [0.1, 0.15) is 11.5 Å². The van der Waals surface area contributed by atoms with Crippen molar-refractivity contribution in [3.63, 3.8) is 0 Å². The minimum atomic E-state index is -0.0662. The number of nitrogens with one attached hydrogen (secondary N) is 1. The third kappa shape index (κ3) is 6.19. The third-order valence-corrected chi connectivity index (χ3v) is 4.54. The van der Waals surface area contributed by atoms with Gasteiger partial charge in [-0.05, 0) is 45.7 Å². The molecule has 2 rings (SSSR count). The molecule has 24 heavy (non-hydrogen) atoms. The van der Waals surface area contributed by atoms with Crippen LogP contribution in [0.2, 0.25) is 0 Å². The molecule has 0 saturated heterocycles. The fourth-order valence-corrected chi connectivity index (χ4v) is 3.12. The first kappa shape index (κ1) is 18.8. The largest absolute Gasteiger partial charge is 0.464 e. The van der Waals surface area contributed by atoms with E-state index in [1.807, 2.05) is 32.9 Å². The summed E-state index contributed by atoms with van der Waals surface area (Å²) in [6, 6.07) is 3.89. The fourth-order valence-electron chi connectivity index (χ4n) is 3.12. The summed E-state index contributed by atoms with van der Waals surface area (Å²) in [7, 11) is 0. The summed E-state index contributed by atoms with van der Waals surface area (Å²) in [5.41, 5.74) is 0. The van der Waals surface area contributed by atoms with Crippen LogP contribution in [0.5, 0.6) is 0 Å². The third-order valence-electron chi connectivity index (χ3n) is 4.54. The van der Waals surface area contributed by atoms with E-state index in [1.165, 1.54) is 25.7 Å². The van der Waals surface area contributed by atoms with Gasteiger partial charge in [0.25, 0.3) is 0 Å². The molecule has 1 aliphatic rings. The first-order valence-electron chi connectivity index (χ1n) is 9.27. The lowest BCUT2D eigenvalue weighted by Gasteiger charge is -2.26. The second-order valence-corrected chi connectivity index (χ2v) is 6.95. The normalized spacial score (nSPS) is 16.2. The van der Waals surface area contributed by atoms with E-state index in [4.69, 9.17) is 9.15 Å². The van der Waals surface area contributed by atoms with Crippen molar-refractivity contribution in [2.24, 2.45) is 0 Å². The van der Waals surface area contributed by atoms with E-state index in [0.717, 1.165) is 24.4 Å². The first-order chi connectivity index (χ1) is 11.6. The molecule has 1 aromatic rings. The molecular formula is C19H32N2O3. The minimum Gasteiger partial charge on any atom is -0.464 e. The molecule has 1 aliphatic carbocycles. The van der Waals surface area contributed by atoms with Crippen LogP contribution in [-0.2, 0) is 11.3 Å². The second kappa shape index (κ2) is 9.72. The van der Waals surface area contributed by atoms with E-state index in [1.54, 1.807) is 4.90 Å². The number of hydrogen-bond donors (Lipinski definition) is 1. The van der Waals surface area contributed by atoms with Crippen LogP contribution in [0.1, 0.15) is 63.9 Å². The Hall–Kier alpha value is -1.49. The number of carbonyl (C=O) groups is 1. The van der Waals surface area contributed by atoms with Crippen molar-refractivity contribution in [3.8, 4) is 0 Å². The summed E-state index contributed by atoms with van der Waals surface area (Å²) in [6.07, 6.45) is 7.87. The highest BCUT2D eigenvalue weighted by atomic mass is 16.5. The van der Waals surface area contributed by atoms with E-state index in [2.05, 4.69) is 5.32 Å². The Balaban J connectivity index is 1.72. The van der Waals surface area contributed by atoms with Gasteiger partial charge in [-0.2, -0.15) is 0 Å². The maximum absolute atomic E-state index is 12.4. The Kier molecular flexibility index (Phi) is 7.63. The molecule has 136 valence electrons. The lowest BCUT2D eigenvalue weighted by molar-refractivity contribution is 0.0452. The topological polar surface area (TPSA) is 54.7 Å². The molecule has 0 unspecified atom stereocenters. The number of carbonyl (C=O) groups excluding carboxylic acids is 1. The van der Waals surface area contributed by atoms with Gasteiger partial charge in [-0.3, -0.25) is 0 Å². The van der Waals surface area contributed by atoms with Crippen LogP contribution in [0.15, 0.2) is 16.5 Å². The molecule has 0 radical (unpaired) electrons. The van der Waals surface area contributed by atoms with Gasteiger partial charge in [-0.15, -0.1) is 0 Å². The summed E-state index contributed by atoms with van der Waals surface area (Å²) in [6.45, 7) is 7.56. The molecule has 0 aromatic carbocycles. The molecule has 1 N–H and O–H groups in total. The van der Waals surface area contributed by atoms with Crippen molar-refractivity contribution in [2.45, 2.75) is 78.0 Å². The number of aryl methyl sites for hydroxylation is 1. The van der Waals surface area contributed by atoms with E-state index in [-0.39, 0.29) is 12.1 Å². The molecule has 0 bridgehead atoms. The van der Waals surface area contributed by atoms with Gasteiger partial charge in [0, 0.05) is 12.6 Å². The highest BCUT2D eigenvalue weighted by molar-refractivity contribution is 5.74. The Bertz CT molecular complexity index is 491. The van der Waals surface area contributed by atoms with Crippen LogP contribution in [0, 0.1) is 6.92 Å². The Morgan fingerprint density at radius 1 is 1.29 bits per heavy atom. The monoisotopic (exact) mass is 336 g/mol. The average molecular weight is 336 g/mol. The fraction of sp³-hybridized carbons (Fsp3) is 0.737. The van der Waals surface area contributed by atoms with Crippen molar-refractivity contribution < 1.29 is 13.9 Å². The van der Waals surface area contributed by atoms with E-state index >= 15 is 0 Å². The zero-order valence-corrected chi connectivity index (χ0v) is 15.3. The van der Waals surface area contributed by atoms with Crippen LogP contribution >= 0.6 is 0 Å². The van der Waals surface area contributed by atoms with Gasteiger partial charge in [0.2, 0.25) is 0 Å². The van der Waals surface area contributed by atoms with Crippen molar-refractivity contribution >= 4 is 6.03 Å². The van der Waals surface area contributed by atoms with Crippen molar-refractivity contribution in [1.29, 1.82) is 0 Å². The first-order valence-corrected chi connectivity index (χ1v) is 9.27.